The highest BCUT2D eigenvalue weighted by molar-refractivity contribution is 9.10. The number of methoxy groups -OCH3 is 1. The van der Waals surface area contributed by atoms with Crippen molar-refractivity contribution in [3.63, 3.8) is 0 Å². The summed E-state index contributed by atoms with van der Waals surface area (Å²) in [6, 6.07) is 13.1. The largest absolute Gasteiger partial charge is 0.420 e. The van der Waals surface area contributed by atoms with Gasteiger partial charge in [-0.1, -0.05) is 40.2 Å². The summed E-state index contributed by atoms with van der Waals surface area (Å²) in [5.74, 6) is -0.702. The maximum atomic E-state index is 12.9. The number of amides is 1. The van der Waals surface area contributed by atoms with E-state index in [0.29, 0.717) is 30.8 Å². The molecule has 0 unspecified atom stereocenters. The molecule has 0 saturated carbocycles. The second-order valence-corrected chi connectivity index (χ2v) is 7.17. The third-order valence-corrected chi connectivity index (χ3v) is 5.25. The number of aromatic nitrogens is 1. The smallest absolute Gasteiger partial charge is 0.408 e. The number of nitrogens with zero attached hydrogens (tertiary/aromatic N) is 2. The summed E-state index contributed by atoms with van der Waals surface area (Å²) in [5, 5.41) is 0. The van der Waals surface area contributed by atoms with Gasteiger partial charge in [-0.25, -0.2) is 4.79 Å². The average molecular weight is 433 g/mol. The highest BCUT2D eigenvalue weighted by atomic mass is 79.9. The zero-order chi connectivity index (χ0) is 19.4. The quantitative estimate of drug-likeness (QED) is 0.574. The topological polar surface area (TPSA) is 64.7 Å². The van der Waals surface area contributed by atoms with Crippen molar-refractivity contribution in [1.29, 1.82) is 0 Å². The number of aryl methyl sites for hydroxylation is 1. The highest BCUT2D eigenvalue weighted by Gasteiger charge is 2.18. The molecule has 2 aromatic carbocycles. The van der Waals surface area contributed by atoms with E-state index in [1.54, 1.807) is 30.2 Å². The minimum absolute atomic E-state index is 0.0768. The predicted octanol–water partition coefficient (Wildman–Crippen LogP) is 3.34. The monoisotopic (exact) mass is 432 g/mol. The first-order valence-electron chi connectivity index (χ1n) is 8.59. The number of benzene rings is 2. The van der Waals surface area contributed by atoms with Crippen LogP contribution in [0.1, 0.15) is 11.1 Å². The lowest BCUT2D eigenvalue weighted by Gasteiger charge is -2.23. The molecule has 1 aromatic heterocycles. The van der Waals surface area contributed by atoms with Crippen LogP contribution in [0.2, 0.25) is 0 Å². The van der Waals surface area contributed by atoms with Gasteiger partial charge in [0, 0.05) is 24.7 Å². The number of hydrogen-bond donors (Lipinski definition) is 0. The number of fused-ring (bicyclic) bond motifs is 1. The van der Waals surface area contributed by atoms with E-state index in [4.69, 9.17) is 9.15 Å². The van der Waals surface area contributed by atoms with E-state index in [0.717, 1.165) is 15.6 Å². The molecule has 6 nitrogen and oxygen atoms in total. The molecule has 0 bridgehead atoms. The van der Waals surface area contributed by atoms with Gasteiger partial charge in [0.15, 0.2) is 5.58 Å². The van der Waals surface area contributed by atoms with Crippen LogP contribution in [0.15, 0.2) is 56.1 Å². The minimum atomic E-state index is -0.533. The molecule has 0 fully saturated rings. The molecule has 1 amide bonds. The van der Waals surface area contributed by atoms with Crippen LogP contribution in [0.4, 0.5) is 0 Å². The molecule has 27 heavy (non-hydrogen) atoms. The SMILES string of the molecule is COCCN(Cc1ccc(C)c(Br)c1)C(=O)Cn1c(=O)oc2ccccc21. The van der Waals surface area contributed by atoms with Gasteiger partial charge in [-0.05, 0) is 36.2 Å². The first-order valence-corrected chi connectivity index (χ1v) is 9.39. The van der Waals surface area contributed by atoms with Gasteiger partial charge in [0.2, 0.25) is 5.91 Å². The summed E-state index contributed by atoms with van der Waals surface area (Å²) < 4.78 is 12.7. The molecular weight excluding hydrogens is 412 g/mol. The molecule has 3 aromatic rings. The lowest BCUT2D eigenvalue weighted by atomic mass is 10.1. The van der Waals surface area contributed by atoms with E-state index < -0.39 is 5.76 Å². The molecule has 0 atom stereocenters. The molecule has 3 rings (SSSR count). The molecule has 142 valence electrons. The van der Waals surface area contributed by atoms with E-state index in [-0.39, 0.29) is 12.5 Å². The zero-order valence-electron chi connectivity index (χ0n) is 15.3. The molecule has 0 aliphatic heterocycles. The van der Waals surface area contributed by atoms with Gasteiger partial charge >= 0.3 is 5.76 Å². The predicted molar refractivity (Wildman–Crippen MR) is 107 cm³/mol. The molecule has 7 heteroatoms. The summed E-state index contributed by atoms with van der Waals surface area (Å²) in [5.41, 5.74) is 3.22. The Hall–Kier alpha value is -2.38. The second-order valence-electron chi connectivity index (χ2n) is 6.31. The van der Waals surface area contributed by atoms with E-state index in [9.17, 15) is 9.59 Å². The Morgan fingerprint density at radius 3 is 2.78 bits per heavy atom. The Morgan fingerprint density at radius 2 is 2.04 bits per heavy atom. The fourth-order valence-electron chi connectivity index (χ4n) is 2.85. The molecule has 0 radical (unpaired) electrons. The molecule has 0 spiro atoms. The Bertz CT molecular complexity index is 1010. The lowest BCUT2D eigenvalue weighted by molar-refractivity contribution is -0.133. The maximum Gasteiger partial charge on any atom is 0.420 e. The molecular formula is C20H21BrN2O4. The van der Waals surface area contributed by atoms with E-state index in [2.05, 4.69) is 15.9 Å². The van der Waals surface area contributed by atoms with Crippen LogP contribution in [-0.2, 0) is 22.6 Å². The number of carbonyl (C=O) groups is 1. The van der Waals surface area contributed by atoms with Crippen LogP contribution in [0.5, 0.6) is 0 Å². The number of rotatable bonds is 7. The number of hydrogen-bond acceptors (Lipinski definition) is 4. The third kappa shape index (κ3) is 4.48. The van der Waals surface area contributed by atoms with Gasteiger partial charge in [0.25, 0.3) is 0 Å². The zero-order valence-corrected chi connectivity index (χ0v) is 16.9. The van der Waals surface area contributed by atoms with Crippen LogP contribution in [-0.4, -0.2) is 35.6 Å². The summed E-state index contributed by atoms with van der Waals surface area (Å²) in [7, 11) is 1.60. The standard InChI is InChI=1S/C20H21BrN2O4/c1-14-7-8-15(11-16(14)21)12-22(9-10-26-2)19(24)13-23-17-5-3-4-6-18(17)27-20(23)25/h3-8,11H,9-10,12-13H2,1-2H3. The molecule has 0 aliphatic carbocycles. The van der Waals surface area contributed by atoms with Crippen molar-refractivity contribution in [2.75, 3.05) is 20.3 Å². The summed E-state index contributed by atoms with van der Waals surface area (Å²) in [6.07, 6.45) is 0. The van der Waals surface area contributed by atoms with Crippen LogP contribution in [0.3, 0.4) is 0 Å². The summed E-state index contributed by atoms with van der Waals surface area (Å²) in [4.78, 5) is 26.8. The van der Waals surface area contributed by atoms with E-state index in [1.807, 2.05) is 31.2 Å². The van der Waals surface area contributed by atoms with Gasteiger partial charge in [-0.3, -0.25) is 9.36 Å². The number of oxazole rings is 1. The van der Waals surface area contributed by atoms with Gasteiger partial charge in [0.1, 0.15) is 6.54 Å². The third-order valence-electron chi connectivity index (χ3n) is 4.39. The molecule has 0 aliphatic rings. The highest BCUT2D eigenvalue weighted by Crippen LogP contribution is 2.19. The number of carbonyl (C=O) groups excluding carboxylic acids is 1. The van der Waals surface area contributed by atoms with Crippen LogP contribution >= 0.6 is 15.9 Å². The van der Waals surface area contributed by atoms with Gasteiger partial charge < -0.3 is 14.1 Å². The summed E-state index contributed by atoms with van der Waals surface area (Å²) in [6.45, 7) is 3.22. The Labute approximate surface area is 165 Å². The Balaban J connectivity index is 1.83. The van der Waals surface area contributed by atoms with E-state index in [1.165, 1.54) is 4.57 Å². The van der Waals surface area contributed by atoms with Crippen molar-refractivity contribution in [1.82, 2.24) is 9.47 Å². The Kier molecular flexibility index (Phi) is 6.13. The molecule has 0 saturated heterocycles. The average Bonchev–Trinajstić information content (AvgIpc) is 2.97. The van der Waals surface area contributed by atoms with Crippen molar-refractivity contribution in [2.24, 2.45) is 0 Å². The number of ether oxygens (including phenoxy) is 1. The maximum absolute atomic E-state index is 12.9. The van der Waals surface area contributed by atoms with Crippen LogP contribution < -0.4 is 5.76 Å². The lowest BCUT2D eigenvalue weighted by Crippen LogP contribution is -2.37. The van der Waals surface area contributed by atoms with Crippen molar-refractivity contribution in [2.45, 2.75) is 20.0 Å². The minimum Gasteiger partial charge on any atom is -0.408 e. The fraction of sp³-hybridized carbons (Fsp3) is 0.300. The number of halogens is 1. The molecule has 1 heterocycles. The Morgan fingerprint density at radius 1 is 1.26 bits per heavy atom. The van der Waals surface area contributed by atoms with Crippen molar-refractivity contribution < 1.29 is 13.9 Å². The van der Waals surface area contributed by atoms with E-state index >= 15 is 0 Å². The van der Waals surface area contributed by atoms with Crippen LogP contribution in [0.25, 0.3) is 11.1 Å². The first-order chi connectivity index (χ1) is 13.0. The normalized spacial score (nSPS) is 11.1. The van der Waals surface area contributed by atoms with Crippen LogP contribution in [0, 0.1) is 6.92 Å². The second kappa shape index (κ2) is 8.54. The summed E-state index contributed by atoms with van der Waals surface area (Å²) >= 11 is 3.52. The number of para-hydroxylation sites is 2. The van der Waals surface area contributed by atoms with Crippen molar-refractivity contribution in [3.8, 4) is 0 Å². The van der Waals surface area contributed by atoms with Crippen molar-refractivity contribution in [3.05, 3.63) is 68.6 Å². The first kappa shape index (κ1) is 19.4. The van der Waals surface area contributed by atoms with Gasteiger partial charge in [0.05, 0.1) is 12.1 Å². The van der Waals surface area contributed by atoms with Gasteiger partial charge in [-0.2, -0.15) is 0 Å². The van der Waals surface area contributed by atoms with Crippen molar-refractivity contribution >= 4 is 32.9 Å². The molecule has 0 N–H and O–H groups in total. The fourth-order valence-corrected chi connectivity index (χ4v) is 3.27. The van der Waals surface area contributed by atoms with Gasteiger partial charge in [-0.15, -0.1) is 0 Å².